The fourth-order valence-electron chi connectivity index (χ4n) is 4.26. The minimum Gasteiger partial charge on any atom is -0.451 e. The molecule has 2 aromatic carbocycles. The van der Waals surface area contributed by atoms with Crippen LogP contribution in [0.5, 0.6) is 0 Å². The van der Waals surface area contributed by atoms with Crippen molar-refractivity contribution in [3.8, 4) is 0 Å². The lowest BCUT2D eigenvalue weighted by atomic mass is 9.91. The lowest BCUT2D eigenvalue weighted by molar-refractivity contribution is 0.0898. The van der Waals surface area contributed by atoms with Gasteiger partial charge in [0, 0.05) is 27.5 Å². The van der Waals surface area contributed by atoms with Crippen molar-refractivity contribution in [3.63, 3.8) is 0 Å². The largest absolute Gasteiger partial charge is 0.451 e. The predicted molar refractivity (Wildman–Crippen MR) is 130 cm³/mol. The van der Waals surface area contributed by atoms with Crippen molar-refractivity contribution >= 4 is 40.1 Å². The summed E-state index contributed by atoms with van der Waals surface area (Å²) in [4.78, 5) is 12.6. The van der Waals surface area contributed by atoms with Crippen molar-refractivity contribution < 1.29 is 13.6 Å². The van der Waals surface area contributed by atoms with Crippen molar-refractivity contribution in [2.24, 2.45) is 0 Å². The predicted octanol–water partition coefficient (Wildman–Crippen LogP) is 5.54. The molecule has 9 heteroatoms. The number of carbonyl (C=O) groups is 1. The number of carbonyl (C=O) groups excluding carboxylic acids is 1. The summed E-state index contributed by atoms with van der Waals surface area (Å²) in [7, 11) is 0. The zero-order valence-corrected chi connectivity index (χ0v) is 19.9. The molecule has 0 aliphatic heterocycles. The van der Waals surface area contributed by atoms with Gasteiger partial charge in [-0.05, 0) is 67.6 Å². The Bertz CT molecular complexity index is 1280. The number of benzene rings is 2. The van der Waals surface area contributed by atoms with Gasteiger partial charge in [-0.3, -0.25) is 4.79 Å². The molecule has 34 heavy (non-hydrogen) atoms. The first-order valence-electron chi connectivity index (χ1n) is 11.3. The first kappa shape index (κ1) is 22.9. The van der Waals surface area contributed by atoms with Crippen LogP contribution in [0.2, 0.25) is 10.0 Å². The molecule has 2 N–H and O–H groups in total. The monoisotopic (exact) mass is 498 g/mol. The summed E-state index contributed by atoms with van der Waals surface area (Å²) in [5, 5.41) is 17.0. The van der Waals surface area contributed by atoms with Gasteiger partial charge in [-0.1, -0.05) is 35.3 Å². The van der Waals surface area contributed by atoms with Gasteiger partial charge in [0.2, 0.25) is 11.8 Å². The molecule has 7 nitrogen and oxygen atoms in total. The average Bonchev–Trinajstić information content (AvgIpc) is 3.46. The minimum atomic E-state index is -0.192. The number of fused-ring (bicyclic) bond motifs is 1. The summed E-state index contributed by atoms with van der Waals surface area (Å²) in [5.41, 5.74) is 1.72. The Morgan fingerprint density at radius 3 is 2.38 bits per heavy atom. The van der Waals surface area contributed by atoms with Gasteiger partial charge in [0.1, 0.15) is 5.58 Å². The summed E-state index contributed by atoms with van der Waals surface area (Å²) >= 11 is 11.9. The van der Waals surface area contributed by atoms with E-state index < -0.39 is 0 Å². The van der Waals surface area contributed by atoms with Crippen LogP contribution < -0.4 is 10.6 Å². The third kappa shape index (κ3) is 5.60. The zero-order valence-electron chi connectivity index (χ0n) is 18.4. The van der Waals surface area contributed by atoms with Crippen molar-refractivity contribution in [2.75, 3.05) is 0 Å². The maximum Gasteiger partial charge on any atom is 0.287 e. The molecule has 1 fully saturated rings. The summed E-state index contributed by atoms with van der Waals surface area (Å²) in [6.45, 7) is 0.525. The van der Waals surface area contributed by atoms with Gasteiger partial charge in [0.25, 0.3) is 5.91 Å². The zero-order chi connectivity index (χ0) is 23.5. The Morgan fingerprint density at radius 2 is 1.59 bits per heavy atom. The van der Waals surface area contributed by atoms with Crippen LogP contribution in [-0.2, 0) is 13.0 Å². The van der Waals surface area contributed by atoms with E-state index in [9.17, 15) is 4.79 Å². The van der Waals surface area contributed by atoms with Gasteiger partial charge < -0.3 is 19.5 Å². The fraction of sp³-hybridized carbons (Fsp3) is 0.320. The Morgan fingerprint density at radius 1 is 0.882 bits per heavy atom. The molecule has 5 rings (SSSR count). The molecule has 2 heterocycles. The minimum absolute atomic E-state index is 0.122. The quantitative estimate of drug-likeness (QED) is 0.347. The molecular formula is C25H24Cl2N4O3. The van der Waals surface area contributed by atoms with Crippen molar-refractivity contribution in [3.05, 3.63) is 81.7 Å². The van der Waals surface area contributed by atoms with Crippen molar-refractivity contribution in [2.45, 2.75) is 50.7 Å². The summed E-state index contributed by atoms with van der Waals surface area (Å²) < 4.78 is 11.4. The average molecular weight is 499 g/mol. The molecule has 0 unspecified atom stereocenters. The van der Waals surface area contributed by atoms with Crippen LogP contribution in [-0.4, -0.2) is 28.2 Å². The van der Waals surface area contributed by atoms with Crippen molar-refractivity contribution in [1.29, 1.82) is 0 Å². The van der Waals surface area contributed by atoms with E-state index in [2.05, 4.69) is 20.8 Å². The lowest BCUT2D eigenvalue weighted by Crippen LogP contribution is -2.42. The molecule has 0 atom stereocenters. The fourth-order valence-corrected chi connectivity index (χ4v) is 4.57. The molecular weight excluding hydrogens is 475 g/mol. The maximum atomic E-state index is 12.6. The molecule has 0 spiro atoms. The Kier molecular flexibility index (Phi) is 6.85. The summed E-state index contributed by atoms with van der Waals surface area (Å²) in [5.74, 6) is 1.27. The second kappa shape index (κ2) is 10.2. The first-order chi connectivity index (χ1) is 16.5. The number of nitrogens with zero attached hydrogens (tertiary/aromatic N) is 2. The van der Waals surface area contributed by atoms with Crippen LogP contribution >= 0.6 is 23.2 Å². The second-order valence-electron chi connectivity index (χ2n) is 8.59. The van der Waals surface area contributed by atoms with Gasteiger partial charge in [-0.2, -0.15) is 0 Å². The lowest BCUT2D eigenvalue weighted by Gasteiger charge is -2.29. The number of hydrogen-bond donors (Lipinski definition) is 2. The van der Waals surface area contributed by atoms with E-state index in [4.69, 9.17) is 32.0 Å². The van der Waals surface area contributed by atoms with E-state index in [0.29, 0.717) is 52.2 Å². The highest BCUT2D eigenvalue weighted by Crippen LogP contribution is 2.24. The topological polar surface area (TPSA) is 93.2 Å². The first-order valence-corrected chi connectivity index (χ1v) is 12.1. The summed E-state index contributed by atoms with van der Waals surface area (Å²) in [6, 6.07) is 15.1. The van der Waals surface area contributed by atoms with Crippen LogP contribution in [0.4, 0.5) is 0 Å². The van der Waals surface area contributed by atoms with E-state index >= 15 is 0 Å². The number of rotatable bonds is 7. The normalized spacial score (nSPS) is 18.3. The van der Waals surface area contributed by atoms with Crippen LogP contribution in [0, 0.1) is 0 Å². The molecule has 2 aromatic heterocycles. The maximum absolute atomic E-state index is 12.6. The molecule has 1 aliphatic rings. The van der Waals surface area contributed by atoms with E-state index in [0.717, 1.165) is 36.6 Å². The molecule has 4 aromatic rings. The van der Waals surface area contributed by atoms with E-state index in [-0.39, 0.29) is 11.9 Å². The molecule has 176 valence electrons. The number of nitrogens with one attached hydrogen (secondary N) is 2. The van der Waals surface area contributed by atoms with Crippen LogP contribution in [0.1, 0.15) is 53.6 Å². The standard InChI is InChI=1S/C25H24Cl2N4O3/c26-17-3-1-15(2-4-17)11-23-30-31-24(34-23)14-28-19-6-8-20(9-7-19)29-25(32)22-13-16-12-18(27)5-10-21(16)33-22/h1-5,10,12-13,19-20,28H,6-9,11,14H2,(H,29,32)/t19-,20-. The molecule has 1 saturated carbocycles. The highest BCUT2D eigenvalue weighted by atomic mass is 35.5. The Balaban J connectivity index is 1.07. The third-order valence-corrected chi connectivity index (χ3v) is 6.57. The Hall–Kier alpha value is -2.87. The van der Waals surface area contributed by atoms with Gasteiger partial charge in [0.05, 0.1) is 13.0 Å². The van der Waals surface area contributed by atoms with Crippen LogP contribution in [0.25, 0.3) is 11.0 Å². The molecule has 0 saturated heterocycles. The van der Waals surface area contributed by atoms with Gasteiger partial charge in [-0.15, -0.1) is 10.2 Å². The molecule has 1 aliphatic carbocycles. The third-order valence-electron chi connectivity index (χ3n) is 6.08. The summed E-state index contributed by atoms with van der Waals surface area (Å²) in [6.07, 6.45) is 4.26. The molecule has 0 radical (unpaired) electrons. The van der Waals surface area contributed by atoms with Crippen LogP contribution in [0.15, 0.2) is 57.4 Å². The van der Waals surface area contributed by atoms with Gasteiger partial charge in [0.15, 0.2) is 5.76 Å². The Labute approximate surface area is 206 Å². The van der Waals surface area contributed by atoms with E-state index in [1.165, 1.54) is 0 Å². The van der Waals surface area contributed by atoms with Gasteiger partial charge in [-0.25, -0.2) is 0 Å². The highest BCUT2D eigenvalue weighted by molar-refractivity contribution is 6.31. The number of furan rings is 1. The number of hydrogen-bond acceptors (Lipinski definition) is 6. The van der Waals surface area contributed by atoms with Crippen molar-refractivity contribution in [1.82, 2.24) is 20.8 Å². The van der Waals surface area contributed by atoms with E-state index in [1.807, 2.05) is 24.3 Å². The van der Waals surface area contributed by atoms with E-state index in [1.54, 1.807) is 24.3 Å². The number of amides is 1. The van der Waals surface area contributed by atoms with Crippen LogP contribution in [0.3, 0.4) is 0 Å². The SMILES string of the molecule is O=C(N[C@H]1CC[C@H](NCc2nnc(Cc3ccc(Cl)cc3)o2)CC1)c1cc2cc(Cl)ccc2o1. The highest BCUT2D eigenvalue weighted by Gasteiger charge is 2.24. The number of halogens is 2. The molecule has 1 amide bonds. The van der Waals surface area contributed by atoms with Gasteiger partial charge >= 0.3 is 0 Å². The molecule has 0 bridgehead atoms. The second-order valence-corrected chi connectivity index (χ2v) is 9.46. The smallest absolute Gasteiger partial charge is 0.287 e. The number of aromatic nitrogens is 2.